The highest BCUT2D eigenvalue weighted by molar-refractivity contribution is 4.87. The van der Waals surface area contributed by atoms with E-state index in [0.29, 0.717) is 0 Å². The summed E-state index contributed by atoms with van der Waals surface area (Å²) in [5, 5.41) is 3.70. The first-order valence-electron chi connectivity index (χ1n) is 7.52. The zero-order valence-corrected chi connectivity index (χ0v) is 11.2. The summed E-state index contributed by atoms with van der Waals surface area (Å²) in [5.41, 5.74) is 0. The molecular weight excluding hydrogens is 194 g/mol. The molecule has 1 heterocycles. The summed E-state index contributed by atoms with van der Waals surface area (Å²) in [4.78, 5) is 0. The van der Waals surface area contributed by atoms with Crippen LogP contribution in [0.25, 0.3) is 0 Å². The summed E-state index contributed by atoms with van der Waals surface area (Å²) < 4.78 is 0. The van der Waals surface area contributed by atoms with Crippen LogP contribution in [0.5, 0.6) is 0 Å². The third-order valence-electron chi connectivity index (χ3n) is 4.99. The molecule has 3 unspecified atom stereocenters. The van der Waals surface area contributed by atoms with E-state index in [9.17, 15) is 0 Å². The molecule has 1 aliphatic carbocycles. The Kier molecular flexibility index (Phi) is 4.69. The number of hydrogen-bond acceptors (Lipinski definition) is 1. The topological polar surface area (TPSA) is 12.0 Å². The molecule has 0 bridgehead atoms. The summed E-state index contributed by atoms with van der Waals surface area (Å²) in [6.45, 7) is 6.14. The van der Waals surface area contributed by atoms with Gasteiger partial charge in [0.2, 0.25) is 0 Å². The fraction of sp³-hybridized carbons (Fsp3) is 1.00. The van der Waals surface area contributed by atoms with E-state index in [1.165, 1.54) is 57.9 Å². The molecule has 1 saturated heterocycles. The number of hydrogen-bond donors (Lipinski definition) is 1. The SMILES string of the molecule is CC1CCNC(C)C1C1CCCCCCC1. The molecule has 2 aliphatic rings. The molecule has 16 heavy (non-hydrogen) atoms. The summed E-state index contributed by atoms with van der Waals surface area (Å²) in [7, 11) is 0. The average molecular weight is 223 g/mol. The Labute approximate surface area is 101 Å². The zero-order chi connectivity index (χ0) is 11.4. The Bertz CT molecular complexity index is 184. The largest absolute Gasteiger partial charge is 0.314 e. The monoisotopic (exact) mass is 223 g/mol. The molecule has 1 N–H and O–H groups in total. The highest BCUT2D eigenvalue weighted by atomic mass is 14.9. The Balaban J connectivity index is 1.96. The maximum Gasteiger partial charge on any atom is 0.00721 e. The maximum absolute atomic E-state index is 3.70. The van der Waals surface area contributed by atoms with Gasteiger partial charge in [0.1, 0.15) is 0 Å². The molecule has 0 spiro atoms. The van der Waals surface area contributed by atoms with Gasteiger partial charge in [0, 0.05) is 6.04 Å². The molecule has 0 aromatic rings. The maximum atomic E-state index is 3.70. The van der Waals surface area contributed by atoms with Crippen LogP contribution in [0.2, 0.25) is 0 Å². The summed E-state index contributed by atoms with van der Waals surface area (Å²) in [5.74, 6) is 2.91. The molecule has 0 radical (unpaired) electrons. The van der Waals surface area contributed by atoms with Crippen LogP contribution in [-0.4, -0.2) is 12.6 Å². The van der Waals surface area contributed by atoms with Gasteiger partial charge in [-0.1, -0.05) is 51.9 Å². The second kappa shape index (κ2) is 6.05. The second-order valence-corrected chi connectivity index (χ2v) is 6.19. The van der Waals surface area contributed by atoms with Crippen LogP contribution in [0, 0.1) is 17.8 Å². The molecule has 1 aliphatic heterocycles. The predicted molar refractivity (Wildman–Crippen MR) is 70.5 cm³/mol. The van der Waals surface area contributed by atoms with Crippen LogP contribution in [-0.2, 0) is 0 Å². The van der Waals surface area contributed by atoms with E-state index in [0.717, 1.165) is 23.8 Å². The molecule has 1 heteroatoms. The van der Waals surface area contributed by atoms with E-state index < -0.39 is 0 Å². The van der Waals surface area contributed by atoms with E-state index in [4.69, 9.17) is 0 Å². The molecule has 0 aromatic heterocycles. The first-order valence-corrected chi connectivity index (χ1v) is 7.52. The van der Waals surface area contributed by atoms with E-state index >= 15 is 0 Å². The fourth-order valence-corrected chi connectivity index (χ4v) is 4.11. The number of rotatable bonds is 1. The van der Waals surface area contributed by atoms with Gasteiger partial charge >= 0.3 is 0 Å². The van der Waals surface area contributed by atoms with Crippen LogP contribution < -0.4 is 5.32 Å². The van der Waals surface area contributed by atoms with Crippen molar-refractivity contribution < 1.29 is 0 Å². The van der Waals surface area contributed by atoms with Crippen LogP contribution in [0.15, 0.2) is 0 Å². The highest BCUT2D eigenvalue weighted by Gasteiger charge is 2.33. The van der Waals surface area contributed by atoms with Crippen LogP contribution in [0.4, 0.5) is 0 Å². The lowest BCUT2D eigenvalue weighted by Crippen LogP contribution is -2.46. The molecule has 2 rings (SSSR count). The highest BCUT2D eigenvalue weighted by Crippen LogP contribution is 2.37. The average Bonchev–Trinajstić information content (AvgIpc) is 2.20. The normalized spacial score (nSPS) is 39.0. The minimum absolute atomic E-state index is 0.758. The Morgan fingerprint density at radius 1 is 0.812 bits per heavy atom. The van der Waals surface area contributed by atoms with Crippen LogP contribution in [0.1, 0.15) is 65.2 Å². The molecule has 1 saturated carbocycles. The van der Waals surface area contributed by atoms with Gasteiger partial charge in [0.25, 0.3) is 0 Å². The van der Waals surface area contributed by atoms with Gasteiger partial charge in [-0.15, -0.1) is 0 Å². The van der Waals surface area contributed by atoms with Crippen molar-refractivity contribution >= 4 is 0 Å². The number of nitrogens with one attached hydrogen (secondary N) is 1. The standard InChI is InChI=1S/C15H29N/c1-12-10-11-16-13(2)15(12)14-8-6-4-3-5-7-9-14/h12-16H,3-11H2,1-2H3. The predicted octanol–water partition coefficient (Wildman–Crippen LogP) is 3.98. The third-order valence-corrected chi connectivity index (χ3v) is 4.99. The van der Waals surface area contributed by atoms with E-state index in [-0.39, 0.29) is 0 Å². The van der Waals surface area contributed by atoms with Crippen molar-refractivity contribution in [2.24, 2.45) is 17.8 Å². The van der Waals surface area contributed by atoms with Crippen molar-refractivity contribution in [1.82, 2.24) is 5.32 Å². The van der Waals surface area contributed by atoms with Crippen molar-refractivity contribution in [2.75, 3.05) is 6.54 Å². The summed E-state index contributed by atoms with van der Waals surface area (Å²) in [6, 6.07) is 0.758. The van der Waals surface area contributed by atoms with Crippen molar-refractivity contribution in [3.8, 4) is 0 Å². The minimum Gasteiger partial charge on any atom is -0.314 e. The van der Waals surface area contributed by atoms with Gasteiger partial charge in [0.05, 0.1) is 0 Å². The lowest BCUT2D eigenvalue weighted by molar-refractivity contribution is 0.121. The zero-order valence-electron chi connectivity index (χ0n) is 11.2. The summed E-state index contributed by atoms with van der Waals surface area (Å²) in [6.07, 6.45) is 11.8. The van der Waals surface area contributed by atoms with Crippen molar-refractivity contribution in [3.05, 3.63) is 0 Å². The van der Waals surface area contributed by atoms with Gasteiger partial charge in [-0.25, -0.2) is 0 Å². The van der Waals surface area contributed by atoms with Crippen molar-refractivity contribution in [1.29, 1.82) is 0 Å². The fourth-order valence-electron chi connectivity index (χ4n) is 4.11. The van der Waals surface area contributed by atoms with Crippen molar-refractivity contribution in [3.63, 3.8) is 0 Å². The van der Waals surface area contributed by atoms with Gasteiger partial charge in [0.15, 0.2) is 0 Å². The van der Waals surface area contributed by atoms with E-state index in [2.05, 4.69) is 19.2 Å². The summed E-state index contributed by atoms with van der Waals surface area (Å²) >= 11 is 0. The molecule has 3 atom stereocenters. The Morgan fingerprint density at radius 3 is 2.06 bits per heavy atom. The third kappa shape index (κ3) is 3.00. The quantitative estimate of drug-likeness (QED) is 0.709. The Morgan fingerprint density at radius 2 is 1.44 bits per heavy atom. The van der Waals surface area contributed by atoms with E-state index in [1.54, 1.807) is 0 Å². The lowest BCUT2D eigenvalue weighted by Gasteiger charge is -2.41. The number of piperidine rings is 1. The smallest absolute Gasteiger partial charge is 0.00721 e. The first kappa shape index (κ1) is 12.4. The first-order chi connectivity index (χ1) is 7.79. The molecule has 2 fully saturated rings. The molecule has 94 valence electrons. The van der Waals surface area contributed by atoms with Crippen LogP contribution >= 0.6 is 0 Å². The Hall–Kier alpha value is -0.0400. The molecule has 1 nitrogen and oxygen atoms in total. The lowest BCUT2D eigenvalue weighted by atomic mass is 9.70. The molecular formula is C15H29N. The van der Waals surface area contributed by atoms with Gasteiger partial charge in [-0.05, 0) is 37.6 Å². The van der Waals surface area contributed by atoms with Gasteiger partial charge in [-0.3, -0.25) is 0 Å². The van der Waals surface area contributed by atoms with E-state index in [1.807, 2.05) is 0 Å². The van der Waals surface area contributed by atoms with Crippen molar-refractivity contribution in [2.45, 2.75) is 71.3 Å². The van der Waals surface area contributed by atoms with Gasteiger partial charge in [-0.2, -0.15) is 0 Å². The molecule has 0 aromatic carbocycles. The minimum atomic E-state index is 0.758. The van der Waals surface area contributed by atoms with Crippen LogP contribution in [0.3, 0.4) is 0 Å². The van der Waals surface area contributed by atoms with Gasteiger partial charge < -0.3 is 5.32 Å². The molecule has 0 amide bonds. The second-order valence-electron chi connectivity index (χ2n) is 6.19.